The first-order valence-electron chi connectivity index (χ1n) is 4.45. The van der Waals surface area contributed by atoms with Crippen molar-refractivity contribution in [1.82, 2.24) is 0 Å². The molecule has 4 aliphatic rings. The quantitative estimate of drug-likeness (QED) is 0.369. The first-order chi connectivity index (χ1) is 6.24. The molecule has 0 unspecified atom stereocenters. The Morgan fingerprint density at radius 1 is 0.429 bits per heavy atom. The number of hydrogen-bond acceptors (Lipinski definition) is 0. The average molecular weight is 582 g/mol. The molecule has 0 amide bonds. The molecule has 0 nitrogen and oxygen atoms in total. The molecule has 0 aromatic carbocycles. The maximum absolute atomic E-state index is 2.67. The van der Waals surface area contributed by atoms with Crippen LogP contribution in [-0.2, 0) is 0 Å². The fraction of sp³-hybridized carbons (Fsp3) is 1.00. The zero-order valence-electron chi connectivity index (χ0n) is 8.45. The van der Waals surface area contributed by atoms with Crippen LogP contribution < -0.4 is 0 Å². The Morgan fingerprint density at radius 3 is 0.714 bits per heavy atom. The molecule has 80 valence electrons. The van der Waals surface area contributed by atoms with Crippen molar-refractivity contribution in [3.05, 3.63) is 0 Å². The van der Waals surface area contributed by atoms with E-state index in [0.29, 0.717) is 0 Å². The van der Waals surface area contributed by atoms with Crippen molar-refractivity contribution in [1.29, 1.82) is 0 Å². The topological polar surface area (TPSA) is 0 Å². The van der Waals surface area contributed by atoms with E-state index in [1.54, 1.807) is 0 Å². The predicted molar refractivity (Wildman–Crippen MR) is 68.0 cm³/mol. The molecule has 4 fully saturated rings. The molecule has 0 aromatic heterocycles. The molecular formula is C8H12Se6. The van der Waals surface area contributed by atoms with Gasteiger partial charge in [-0.15, -0.1) is 0 Å². The molecule has 0 atom stereocenters. The van der Waals surface area contributed by atoms with E-state index in [-0.39, 0.29) is 0 Å². The van der Waals surface area contributed by atoms with Crippen LogP contribution in [-0.4, -0.2) is 89.7 Å². The fourth-order valence-corrected chi connectivity index (χ4v) is 94.2. The molecule has 4 saturated heterocycles. The summed E-state index contributed by atoms with van der Waals surface area (Å²) in [7, 11) is 0. The normalized spacial score (nSPS) is 66.0. The zero-order valence-corrected chi connectivity index (χ0v) is 18.7. The first-order valence-corrected chi connectivity index (χ1v) is 14.7. The first kappa shape index (κ1) is 12.2. The summed E-state index contributed by atoms with van der Waals surface area (Å²) in [5.74, 6) is 0. The monoisotopic (exact) mass is 588 g/mol. The summed E-state index contributed by atoms with van der Waals surface area (Å²) in [5.41, 5.74) is 0. The van der Waals surface area contributed by atoms with Gasteiger partial charge < -0.3 is 0 Å². The second kappa shape index (κ2) is 3.36. The van der Waals surface area contributed by atoms with Crippen molar-refractivity contribution >= 4 is 89.7 Å². The predicted octanol–water partition coefficient (Wildman–Crippen LogP) is 0.627. The van der Waals surface area contributed by atoms with Gasteiger partial charge in [0.25, 0.3) is 0 Å². The van der Waals surface area contributed by atoms with Crippen LogP contribution in [0.5, 0.6) is 0 Å². The van der Waals surface area contributed by atoms with Crippen LogP contribution in [0.15, 0.2) is 0 Å². The third-order valence-electron chi connectivity index (χ3n) is 2.22. The van der Waals surface area contributed by atoms with E-state index < -0.39 is 0 Å². The van der Waals surface area contributed by atoms with Gasteiger partial charge in [0.2, 0.25) is 0 Å². The van der Waals surface area contributed by atoms with Gasteiger partial charge in [-0.2, -0.15) is 0 Å². The van der Waals surface area contributed by atoms with Crippen molar-refractivity contribution in [2.45, 2.75) is 36.1 Å². The Labute approximate surface area is 124 Å². The molecule has 14 heavy (non-hydrogen) atoms. The van der Waals surface area contributed by atoms with Crippen molar-refractivity contribution in [2.24, 2.45) is 0 Å². The summed E-state index contributed by atoms with van der Waals surface area (Å²) in [5, 5.41) is 0. The van der Waals surface area contributed by atoms with E-state index in [0.717, 1.165) is 98.2 Å². The van der Waals surface area contributed by atoms with Crippen molar-refractivity contribution in [3.63, 3.8) is 0 Å². The molecule has 0 spiro atoms. The number of hydrogen-bond donors (Lipinski definition) is 0. The van der Waals surface area contributed by atoms with Crippen LogP contribution in [0.4, 0.5) is 0 Å². The van der Waals surface area contributed by atoms with Crippen LogP contribution in [0.25, 0.3) is 0 Å². The van der Waals surface area contributed by atoms with Gasteiger partial charge in [0.05, 0.1) is 0 Å². The number of rotatable bonds is 0. The molecule has 4 aliphatic heterocycles. The summed E-state index contributed by atoms with van der Waals surface area (Å²) in [4.78, 5) is 0. The second-order valence-electron chi connectivity index (χ2n) is 4.06. The Morgan fingerprint density at radius 2 is 0.571 bits per heavy atom. The zero-order chi connectivity index (χ0) is 10.2. The van der Waals surface area contributed by atoms with Crippen LogP contribution >= 0.6 is 0 Å². The van der Waals surface area contributed by atoms with Gasteiger partial charge in [-0.3, -0.25) is 0 Å². The Hall–Kier alpha value is 3.12. The molecule has 0 N–H and O–H groups in total. The third kappa shape index (κ3) is 1.97. The SMILES string of the molecule is CC12[Se]C3(C)[Se]C(C)([Se]1)[Se]C(C)([Se]2)[Se]3. The van der Waals surface area contributed by atoms with Crippen molar-refractivity contribution in [2.75, 3.05) is 0 Å². The van der Waals surface area contributed by atoms with E-state index in [1.807, 2.05) is 0 Å². The molecular weight excluding hydrogens is 570 g/mol. The molecule has 0 saturated carbocycles. The minimum absolute atomic E-state index is 0.922. The van der Waals surface area contributed by atoms with E-state index in [1.165, 1.54) is 0 Å². The van der Waals surface area contributed by atoms with Gasteiger partial charge in [0.15, 0.2) is 0 Å². The second-order valence-corrected chi connectivity index (χ2v) is 42.9. The van der Waals surface area contributed by atoms with Gasteiger partial charge in [-0.1, -0.05) is 0 Å². The standard InChI is InChI=1S/C8H12Se6/c1-5-9-6(2)12-7(3,10-5)14-8(4,11-5)13-6/h1-4H3. The van der Waals surface area contributed by atoms with Crippen LogP contribution in [0.2, 0.25) is 8.44 Å². The van der Waals surface area contributed by atoms with E-state index in [2.05, 4.69) is 27.7 Å². The molecule has 0 aliphatic carbocycles. The van der Waals surface area contributed by atoms with Gasteiger partial charge >= 0.3 is 126 Å². The maximum atomic E-state index is 2.67. The van der Waals surface area contributed by atoms with Gasteiger partial charge in [0, 0.05) is 0 Å². The molecule has 0 aromatic rings. The summed E-state index contributed by atoms with van der Waals surface area (Å²) >= 11 is 6.14. The van der Waals surface area contributed by atoms with Crippen LogP contribution in [0, 0.1) is 0 Å². The van der Waals surface area contributed by atoms with Crippen LogP contribution in [0.3, 0.4) is 0 Å². The van der Waals surface area contributed by atoms with Gasteiger partial charge in [-0.05, 0) is 0 Å². The Bertz CT molecular complexity index is 207. The fourth-order valence-electron chi connectivity index (χ4n) is 2.27. The van der Waals surface area contributed by atoms with E-state index >= 15 is 0 Å². The van der Waals surface area contributed by atoms with Gasteiger partial charge in [-0.25, -0.2) is 0 Å². The van der Waals surface area contributed by atoms with Crippen LogP contribution in [0.1, 0.15) is 27.7 Å². The van der Waals surface area contributed by atoms with Crippen molar-refractivity contribution < 1.29 is 0 Å². The molecule has 4 bridgehead atoms. The summed E-state index contributed by atoms with van der Waals surface area (Å²) in [6.07, 6.45) is 0. The summed E-state index contributed by atoms with van der Waals surface area (Å²) in [6.45, 7) is 10.7. The molecule has 0 radical (unpaired) electrons. The minimum atomic E-state index is 0.922. The molecule has 4 rings (SSSR count). The third-order valence-corrected chi connectivity index (χ3v) is 33.4. The summed E-state index contributed by atoms with van der Waals surface area (Å²) < 4.78 is 3.69. The Kier molecular flexibility index (Phi) is 2.92. The van der Waals surface area contributed by atoms with Crippen molar-refractivity contribution in [3.8, 4) is 0 Å². The average Bonchev–Trinajstić information content (AvgIpc) is 1.67. The molecule has 6 heteroatoms. The molecule has 4 heterocycles. The summed E-state index contributed by atoms with van der Waals surface area (Å²) in [6, 6.07) is 0. The van der Waals surface area contributed by atoms with E-state index in [4.69, 9.17) is 0 Å². The van der Waals surface area contributed by atoms with E-state index in [9.17, 15) is 0 Å². The Balaban J connectivity index is 2.08. The van der Waals surface area contributed by atoms with Gasteiger partial charge in [0.1, 0.15) is 0 Å².